The van der Waals surface area contributed by atoms with Crippen LogP contribution in [0, 0.1) is 0 Å². The van der Waals surface area contributed by atoms with Crippen LogP contribution in [0.1, 0.15) is 27.7 Å². The molecular formula is C12H24N2O4S2. The molecule has 0 aromatic carbocycles. The molecule has 0 aliphatic carbocycles. The van der Waals surface area contributed by atoms with Gasteiger partial charge in [-0.05, 0) is 27.7 Å². The summed E-state index contributed by atoms with van der Waals surface area (Å²) in [5.74, 6) is -0.0297. The number of carbonyl (C=O) groups excluding carboxylic acids is 2. The normalized spacial score (nSPS) is 14.2. The second-order valence-electron chi connectivity index (χ2n) is 4.75. The molecule has 118 valence electrons. The summed E-state index contributed by atoms with van der Waals surface area (Å²) < 4.78 is 9.97. The first-order valence-corrected chi connectivity index (χ1v) is 8.89. The minimum atomic E-state index is -0.672. The van der Waals surface area contributed by atoms with Gasteiger partial charge in [-0.1, -0.05) is 21.6 Å². The monoisotopic (exact) mass is 324 g/mol. The molecule has 0 spiro atoms. The summed E-state index contributed by atoms with van der Waals surface area (Å²) in [6.45, 7) is 7.08. The van der Waals surface area contributed by atoms with Crippen molar-refractivity contribution in [3.05, 3.63) is 0 Å². The van der Waals surface area contributed by atoms with E-state index >= 15 is 0 Å². The van der Waals surface area contributed by atoms with Crippen molar-refractivity contribution in [2.75, 3.05) is 11.5 Å². The van der Waals surface area contributed by atoms with Crippen LogP contribution in [0.15, 0.2) is 0 Å². The summed E-state index contributed by atoms with van der Waals surface area (Å²) in [6.07, 6.45) is -0.351. The molecule has 20 heavy (non-hydrogen) atoms. The Morgan fingerprint density at radius 3 is 1.40 bits per heavy atom. The third-order valence-corrected chi connectivity index (χ3v) is 4.36. The van der Waals surface area contributed by atoms with Crippen LogP contribution in [0.5, 0.6) is 0 Å². The third-order valence-electron chi connectivity index (χ3n) is 1.89. The fourth-order valence-electron chi connectivity index (χ4n) is 1.02. The summed E-state index contributed by atoms with van der Waals surface area (Å²) in [5, 5.41) is 0. The summed E-state index contributed by atoms with van der Waals surface area (Å²) in [7, 11) is 2.77. The topological polar surface area (TPSA) is 105 Å². The first-order valence-electron chi connectivity index (χ1n) is 6.40. The largest absolute Gasteiger partial charge is 0.462 e. The predicted octanol–water partition coefficient (Wildman–Crippen LogP) is 0.926. The zero-order valence-electron chi connectivity index (χ0n) is 12.3. The zero-order valence-corrected chi connectivity index (χ0v) is 14.0. The van der Waals surface area contributed by atoms with Crippen LogP contribution in [0.4, 0.5) is 0 Å². The van der Waals surface area contributed by atoms with E-state index in [1.807, 2.05) is 0 Å². The summed E-state index contributed by atoms with van der Waals surface area (Å²) in [5.41, 5.74) is 11.4. The van der Waals surface area contributed by atoms with E-state index in [4.69, 9.17) is 20.9 Å². The number of hydrogen-bond acceptors (Lipinski definition) is 8. The molecule has 4 N–H and O–H groups in total. The van der Waals surface area contributed by atoms with Gasteiger partial charge >= 0.3 is 11.9 Å². The van der Waals surface area contributed by atoms with Gasteiger partial charge in [0.15, 0.2) is 0 Å². The highest BCUT2D eigenvalue weighted by Gasteiger charge is 2.19. The Balaban J connectivity index is 3.80. The lowest BCUT2D eigenvalue weighted by Gasteiger charge is -2.15. The van der Waals surface area contributed by atoms with Crippen LogP contribution in [0.25, 0.3) is 0 Å². The average molecular weight is 324 g/mol. The third kappa shape index (κ3) is 9.46. The van der Waals surface area contributed by atoms with Gasteiger partial charge in [-0.2, -0.15) is 0 Å². The SMILES string of the molecule is CC(C)OC(=O)[C@@H](N)CSSC[C@H](N)C(=O)OC(C)C. The highest BCUT2D eigenvalue weighted by Crippen LogP contribution is 2.22. The van der Waals surface area contributed by atoms with Crippen LogP contribution in [-0.2, 0) is 19.1 Å². The molecule has 0 unspecified atom stereocenters. The molecule has 8 heteroatoms. The van der Waals surface area contributed by atoms with E-state index in [0.717, 1.165) is 0 Å². The van der Waals surface area contributed by atoms with E-state index in [1.54, 1.807) is 27.7 Å². The predicted molar refractivity (Wildman–Crippen MR) is 83.3 cm³/mol. The molecule has 0 bridgehead atoms. The van der Waals surface area contributed by atoms with Crippen LogP contribution in [0.3, 0.4) is 0 Å². The number of rotatable bonds is 9. The van der Waals surface area contributed by atoms with Gasteiger partial charge in [0.1, 0.15) is 12.1 Å². The van der Waals surface area contributed by atoms with Crippen molar-refractivity contribution in [3.8, 4) is 0 Å². The molecule has 0 aromatic rings. The summed E-state index contributed by atoms with van der Waals surface area (Å²) >= 11 is 0. The van der Waals surface area contributed by atoms with Crippen LogP contribution < -0.4 is 11.5 Å². The molecule has 0 aromatic heterocycles. The van der Waals surface area contributed by atoms with E-state index in [0.29, 0.717) is 11.5 Å². The van der Waals surface area contributed by atoms with Gasteiger partial charge in [-0.3, -0.25) is 9.59 Å². The molecule has 0 aliphatic heterocycles. The van der Waals surface area contributed by atoms with Crippen LogP contribution in [0.2, 0.25) is 0 Å². The zero-order chi connectivity index (χ0) is 15.7. The Labute approximate surface area is 128 Å². The van der Waals surface area contributed by atoms with Crippen molar-refractivity contribution >= 4 is 33.5 Å². The maximum absolute atomic E-state index is 11.4. The van der Waals surface area contributed by atoms with Crippen molar-refractivity contribution in [2.24, 2.45) is 11.5 Å². The minimum Gasteiger partial charge on any atom is -0.462 e. The maximum Gasteiger partial charge on any atom is 0.324 e. The van der Waals surface area contributed by atoms with Gasteiger partial charge in [0.25, 0.3) is 0 Å². The van der Waals surface area contributed by atoms with E-state index in [1.165, 1.54) is 21.6 Å². The fraction of sp³-hybridized carbons (Fsp3) is 0.833. The molecule has 0 saturated heterocycles. The van der Waals surface area contributed by atoms with Crippen molar-refractivity contribution in [2.45, 2.75) is 52.0 Å². The molecule has 0 rings (SSSR count). The molecule has 0 saturated carbocycles. The lowest BCUT2D eigenvalue weighted by Crippen LogP contribution is -2.36. The van der Waals surface area contributed by atoms with Gasteiger partial charge in [0.2, 0.25) is 0 Å². The highest BCUT2D eigenvalue weighted by molar-refractivity contribution is 8.76. The molecule has 6 nitrogen and oxygen atoms in total. The van der Waals surface area contributed by atoms with Gasteiger partial charge < -0.3 is 20.9 Å². The molecule has 2 atom stereocenters. The van der Waals surface area contributed by atoms with Crippen molar-refractivity contribution in [1.29, 1.82) is 0 Å². The van der Waals surface area contributed by atoms with Crippen molar-refractivity contribution in [3.63, 3.8) is 0 Å². The number of nitrogens with two attached hydrogens (primary N) is 2. The Morgan fingerprint density at radius 1 is 0.850 bits per heavy atom. The molecule has 0 heterocycles. The molecular weight excluding hydrogens is 300 g/mol. The van der Waals surface area contributed by atoms with Gasteiger partial charge in [0, 0.05) is 11.5 Å². The number of hydrogen-bond donors (Lipinski definition) is 2. The lowest BCUT2D eigenvalue weighted by molar-refractivity contribution is -0.149. The fourth-order valence-corrected chi connectivity index (χ4v) is 3.23. The van der Waals surface area contributed by atoms with Crippen molar-refractivity contribution in [1.82, 2.24) is 0 Å². The minimum absolute atomic E-state index is 0.176. The Hall–Kier alpha value is -0.440. The quantitative estimate of drug-likeness (QED) is 0.366. The molecule has 0 radical (unpaired) electrons. The molecule has 0 amide bonds. The number of esters is 2. The van der Waals surface area contributed by atoms with Crippen molar-refractivity contribution < 1.29 is 19.1 Å². The van der Waals surface area contributed by atoms with Crippen LogP contribution >= 0.6 is 21.6 Å². The lowest BCUT2D eigenvalue weighted by atomic mass is 10.3. The van der Waals surface area contributed by atoms with E-state index in [9.17, 15) is 9.59 Å². The number of carbonyl (C=O) groups is 2. The smallest absolute Gasteiger partial charge is 0.324 e. The first-order chi connectivity index (χ1) is 9.23. The van der Waals surface area contributed by atoms with Gasteiger partial charge in [0.05, 0.1) is 12.2 Å². The first kappa shape index (κ1) is 19.6. The maximum atomic E-state index is 11.4. The van der Waals surface area contributed by atoms with Crippen LogP contribution in [-0.4, -0.2) is 47.7 Å². The molecule has 0 aliphatic rings. The second-order valence-corrected chi connectivity index (χ2v) is 7.31. The number of ether oxygens (including phenoxy) is 2. The Kier molecular flexibility index (Phi) is 10.1. The Morgan fingerprint density at radius 2 is 1.15 bits per heavy atom. The summed E-state index contributed by atoms with van der Waals surface area (Å²) in [6, 6.07) is -1.34. The standard InChI is InChI=1S/C12H24N2O4S2/c1-7(2)17-11(15)9(13)5-19-20-6-10(14)12(16)18-8(3)4/h7-10H,5-6,13-14H2,1-4H3/t9-,10-/m0/s1. The second kappa shape index (κ2) is 10.3. The average Bonchev–Trinajstić information content (AvgIpc) is 2.32. The molecule has 0 fully saturated rings. The van der Waals surface area contributed by atoms with Gasteiger partial charge in [-0.25, -0.2) is 0 Å². The highest BCUT2D eigenvalue weighted by atomic mass is 33.1. The van der Waals surface area contributed by atoms with E-state index < -0.39 is 24.0 Å². The Bertz CT molecular complexity index is 284. The summed E-state index contributed by atoms with van der Waals surface area (Å²) in [4.78, 5) is 22.9. The van der Waals surface area contributed by atoms with Gasteiger partial charge in [-0.15, -0.1) is 0 Å². The van der Waals surface area contributed by atoms with E-state index in [-0.39, 0.29) is 12.2 Å². The van der Waals surface area contributed by atoms with E-state index in [2.05, 4.69) is 0 Å².